The van der Waals surface area contributed by atoms with Crippen molar-refractivity contribution in [3.05, 3.63) is 64.8 Å². The normalized spacial score (nSPS) is 11.4. The van der Waals surface area contributed by atoms with E-state index in [-0.39, 0.29) is 5.75 Å². The van der Waals surface area contributed by atoms with Gasteiger partial charge in [0.05, 0.1) is 24.3 Å². The van der Waals surface area contributed by atoms with E-state index in [0.29, 0.717) is 46.9 Å². The molecule has 3 aromatic rings. The van der Waals surface area contributed by atoms with Crippen molar-refractivity contribution in [1.29, 1.82) is 0 Å². The first kappa shape index (κ1) is 22.5. The average Bonchev–Trinajstić information content (AvgIpc) is 2.74. The third-order valence-corrected chi connectivity index (χ3v) is 6.17. The summed E-state index contributed by atoms with van der Waals surface area (Å²) < 4.78 is 31.1. The van der Waals surface area contributed by atoms with Crippen LogP contribution in [0.1, 0.15) is 13.3 Å². The maximum absolute atomic E-state index is 11.5. The highest BCUT2D eigenvalue weighted by atomic mass is 35.5. The van der Waals surface area contributed by atoms with E-state index in [2.05, 4.69) is 14.7 Å². The summed E-state index contributed by atoms with van der Waals surface area (Å²) in [7, 11) is -3.20. The number of sulfonamides is 1. The molecule has 2 aromatic carbocycles. The minimum atomic E-state index is -3.20. The Kier molecular flexibility index (Phi) is 7.66. The van der Waals surface area contributed by atoms with Crippen molar-refractivity contribution >= 4 is 33.2 Å². The number of hydrogen-bond acceptors (Lipinski definition) is 5. The van der Waals surface area contributed by atoms with Crippen LogP contribution in [0.4, 0.5) is 0 Å². The Balaban J connectivity index is 1.80. The summed E-state index contributed by atoms with van der Waals surface area (Å²) in [6, 6.07) is 14.7. The lowest BCUT2D eigenvalue weighted by Gasteiger charge is -2.12. The van der Waals surface area contributed by atoms with Crippen LogP contribution in [-0.2, 0) is 10.0 Å². The fourth-order valence-electron chi connectivity index (χ4n) is 2.65. The minimum Gasteiger partial charge on any atom is -0.477 e. The molecule has 0 saturated carbocycles. The van der Waals surface area contributed by atoms with Gasteiger partial charge in [-0.2, -0.15) is 0 Å². The van der Waals surface area contributed by atoms with Gasteiger partial charge in [-0.3, -0.25) is 0 Å². The molecule has 0 amide bonds. The predicted octanol–water partition coefficient (Wildman–Crippen LogP) is 4.83. The second-order valence-electron chi connectivity index (χ2n) is 6.42. The smallest absolute Gasteiger partial charge is 0.232 e. The second kappa shape index (κ2) is 10.2. The van der Waals surface area contributed by atoms with Crippen LogP contribution in [0.2, 0.25) is 10.0 Å². The zero-order chi connectivity index (χ0) is 21.6. The number of halogens is 2. The van der Waals surface area contributed by atoms with Gasteiger partial charge in [0.25, 0.3) is 0 Å². The van der Waals surface area contributed by atoms with Crippen molar-refractivity contribution in [1.82, 2.24) is 14.7 Å². The van der Waals surface area contributed by atoms with Crippen molar-refractivity contribution in [2.45, 2.75) is 13.3 Å². The molecule has 30 heavy (non-hydrogen) atoms. The average molecular weight is 466 g/mol. The van der Waals surface area contributed by atoms with E-state index >= 15 is 0 Å². The van der Waals surface area contributed by atoms with Crippen LogP contribution >= 0.6 is 23.2 Å². The van der Waals surface area contributed by atoms with E-state index in [0.717, 1.165) is 11.1 Å². The molecule has 0 aliphatic heterocycles. The monoisotopic (exact) mass is 465 g/mol. The Morgan fingerprint density at radius 3 is 2.07 bits per heavy atom. The zero-order valence-electron chi connectivity index (χ0n) is 16.3. The first-order valence-electron chi connectivity index (χ1n) is 9.37. The van der Waals surface area contributed by atoms with E-state index in [9.17, 15) is 8.42 Å². The molecule has 0 aliphatic rings. The van der Waals surface area contributed by atoms with Gasteiger partial charge in [0, 0.05) is 27.7 Å². The third kappa shape index (κ3) is 6.15. The van der Waals surface area contributed by atoms with E-state index in [4.69, 9.17) is 27.9 Å². The first-order chi connectivity index (χ1) is 14.4. The van der Waals surface area contributed by atoms with Crippen molar-refractivity contribution in [3.63, 3.8) is 0 Å². The van der Waals surface area contributed by atoms with Crippen LogP contribution in [0.25, 0.3) is 22.5 Å². The largest absolute Gasteiger partial charge is 0.477 e. The van der Waals surface area contributed by atoms with Gasteiger partial charge in [-0.1, -0.05) is 47.5 Å². The topological polar surface area (TPSA) is 81.2 Å². The van der Waals surface area contributed by atoms with Crippen molar-refractivity contribution in [3.8, 4) is 28.4 Å². The standard InChI is InChI=1S/C21H21Cl2N3O3S/c1-2-30(27,28)25-12-3-13-29-19-14-24-20(15-4-8-17(22)9-5-15)21(26-19)16-6-10-18(23)11-7-16/h4-11,14,25H,2-3,12-13H2,1H3. The molecule has 6 nitrogen and oxygen atoms in total. The molecule has 0 bridgehead atoms. The molecule has 0 spiro atoms. The summed E-state index contributed by atoms with van der Waals surface area (Å²) >= 11 is 12.0. The summed E-state index contributed by atoms with van der Waals surface area (Å²) in [5.41, 5.74) is 3.06. The van der Waals surface area contributed by atoms with Gasteiger partial charge in [0.15, 0.2) is 0 Å². The van der Waals surface area contributed by atoms with Crippen LogP contribution in [0.3, 0.4) is 0 Å². The highest BCUT2D eigenvalue weighted by Gasteiger charge is 2.13. The predicted molar refractivity (Wildman–Crippen MR) is 120 cm³/mol. The van der Waals surface area contributed by atoms with Crippen molar-refractivity contribution in [2.75, 3.05) is 18.9 Å². The highest BCUT2D eigenvalue weighted by Crippen LogP contribution is 2.31. The zero-order valence-corrected chi connectivity index (χ0v) is 18.6. The van der Waals surface area contributed by atoms with Crippen LogP contribution in [0.15, 0.2) is 54.7 Å². The Morgan fingerprint density at radius 2 is 1.50 bits per heavy atom. The van der Waals surface area contributed by atoms with Crippen LogP contribution in [0.5, 0.6) is 5.88 Å². The van der Waals surface area contributed by atoms with Gasteiger partial charge in [-0.15, -0.1) is 0 Å². The molecule has 0 atom stereocenters. The van der Waals surface area contributed by atoms with Gasteiger partial charge < -0.3 is 4.74 Å². The molecule has 1 heterocycles. The molecule has 3 rings (SSSR count). The van der Waals surface area contributed by atoms with Crippen molar-refractivity contribution < 1.29 is 13.2 Å². The molecule has 9 heteroatoms. The maximum atomic E-state index is 11.5. The molecule has 0 saturated heterocycles. The van der Waals surface area contributed by atoms with Gasteiger partial charge in [0.2, 0.25) is 15.9 Å². The molecule has 0 aliphatic carbocycles. The van der Waals surface area contributed by atoms with E-state index in [1.165, 1.54) is 0 Å². The fourth-order valence-corrected chi connectivity index (χ4v) is 3.56. The Labute approximate surface area is 186 Å². The van der Waals surface area contributed by atoms with E-state index in [1.54, 1.807) is 37.4 Å². The quantitative estimate of drug-likeness (QED) is 0.457. The molecule has 1 aromatic heterocycles. The molecule has 0 radical (unpaired) electrons. The molecule has 0 fully saturated rings. The molecular weight excluding hydrogens is 445 g/mol. The van der Waals surface area contributed by atoms with Crippen LogP contribution < -0.4 is 9.46 Å². The number of hydrogen-bond donors (Lipinski definition) is 1. The number of nitrogens with zero attached hydrogens (tertiary/aromatic N) is 2. The number of ether oxygens (including phenoxy) is 1. The number of rotatable bonds is 9. The lowest BCUT2D eigenvalue weighted by molar-refractivity contribution is 0.299. The highest BCUT2D eigenvalue weighted by molar-refractivity contribution is 7.89. The van der Waals surface area contributed by atoms with Gasteiger partial charge in [0.1, 0.15) is 5.69 Å². The Hall–Kier alpha value is -2.19. The first-order valence-corrected chi connectivity index (χ1v) is 11.8. The fraction of sp³-hybridized carbons (Fsp3) is 0.238. The summed E-state index contributed by atoms with van der Waals surface area (Å²) in [4.78, 5) is 9.19. The summed E-state index contributed by atoms with van der Waals surface area (Å²) in [5.74, 6) is 0.409. The van der Waals surface area contributed by atoms with Crippen molar-refractivity contribution in [2.24, 2.45) is 0 Å². The molecule has 0 unspecified atom stereocenters. The molecule has 158 valence electrons. The SMILES string of the molecule is CCS(=O)(=O)NCCCOc1cnc(-c2ccc(Cl)cc2)c(-c2ccc(Cl)cc2)n1. The maximum Gasteiger partial charge on any atom is 0.232 e. The van der Waals surface area contributed by atoms with Gasteiger partial charge >= 0.3 is 0 Å². The number of benzene rings is 2. The molecular formula is C21H21Cl2N3O3S. The summed E-state index contributed by atoms with van der Waals surface area (Å²) in [5, 5.41) is 1.26. The Bertz CT molecular complexity index is 1090. The van der Waals surface area contributed by atoms with Crippen LogP contribution in [0, 0.1) is 0 Å². The van der Waals surface area contributed by atoms with Gasteiger partial charge in [-0.25, -0.2) is 23.1 Å². The second-order valence-corrected chi connectivity index (χ2v) is 9.39. The van der Waals surface area contributed by atoms with Crippen LogP contribution in [-0.4, -0.2) is 37.3 Å². The third-order valence-electron chi connectivity index (χ3n) is 4.26. The minimum absolute atomic E-state index is 0.0515. The number of nitrogens with one attached hydrogen (secondary N) is 1. The molecule has 1 N–H and O–H groups in total. The van der Waals surface area contributed by atoms with E-state index in [1.807, 2.05) is 24.3 Å². The number of aromatic nitrogens is 2. The van der Waals surface area contributed by atoms with E-state index < -0.39 is 10.0 Å². The lowest BCUT2D eigenvalue weighted by Crippen LogP contribution is -2.27. The summed E-state index contributed by atoms with van der Waals surface area (Å²) in [6.07, 6.45) is 2.07. The Morgan fingerprint density at radius 1 is 0.933 bits per heavy atom. The summed E-state index contributed by atoms with van der Waals surface area (Å²) in [6.45, 7) is 2.20. The van der Waals surface area contributed by atoms with Gasteiger partial charge in [-0.05, 0) is 37.6 Å². The lowest BCUT2D eigenvalue weighted by atomic mass is 10.0.